The summed E-state index contributed by atoms with van der Waals surface area (Å²) in [4.78, 5) is 26.2. The van der Waals surface area contributed by atoms with E-state index in [0.29, 0.717) is 23.7 Å². The summed E-state index contributed by atoms with van der Waals surface area (Å²) >= 11 is 5.85. The molecule has 5 heteroatoms. The zero-order valence-electron chi connectivity index (χ0n) is 12.6. The van der Waals surface area contributed by atoms with Crippen LogP contribution >= 0.6 is 11.6 Å². The van der Waals surface area contributed by atoms with E-state index in [9.17, 15) is 9.59 Å². The van der Waals surface area contributed by atoms with Crippen LogP contribution in [-0.2, 0) is 4.79 Å². The number of rotatable bonds is 3. The number of amides is 2. The molecule has 4 nitrogen and oxygen atoms in total. The second kappa shape index (κ2) is 6.69. The number of carbonyl (C=O) groups is 2. The number of nitrogens with one attached hydrogen (secondary N) is 1. The van der Waals surface area contributed by atoms with Crippen LogP contribution in [0.2, 0.25) is 5.02 Å². The number of nitrogens with zero attached hydrogens (tertiary/aromatic N) is 1. The summed E-state index contributed by atoms with van der Waals surface area (Å²) in [6.45, 7) is 1.38. The number of benzene rings is 1. The molecule has 3 rings (SSSR count). The second-order valence-electron chi connectivity index (χ2n) is 6.21. The molecule has 2 amide bonds. The van der Waals surface area contributed by atoms with Crippen LogP contribution in [0.1, 0.15) is 42.5 Å². The minimum Gasteiger partial charge on any atom is -0.353 e. The Morgan fingerprint density at radius 2 is 1.68 bits per heavy atom. The largest absolute Gasteiger partial charge is 0.353 e. The molecule has 118 valence electrons. The zero-order valence-corrected chi connectivity index (χ0v) is 13.3. The molecule has 1 N–H and O–H groups in total. The molecule has 1 aliphatic carbocycles. The highest BCUT2D eigenvalue weighted by atomic mass is 35.5. The van der Waals surface area contributed by atoms with Crippen molar-refractivity contribution in [2.45, 2.75) is 38.1 Å². The van der Waals surface area contributed by atoms with Gasteiger partial charge in [0.1, 0.15) is 0 Å². The molecule has 0 unspecified atom stereocenters. The van der Waals surface area contributed by atoms with E-state index in [1.165, 1.54) is 6.42 Å². The van der Waals surface area contributed by atoms with Gasteiger partial charge in [0.25, 0.3) is 5.91 Å². The van der Waals surface area contributed by atoms with Crippen molar-refractivity contribution in [1.82, 2.24) is 10.2 Å². The van der Waals surface area contributed by atoms with Crippen LogP contribution < -0.4 is 5.32 Å². The van der Waals surface area contributed by atoms with Crippen LogP contribution in [-0.4, -0.2) is 35.8 Å². The van der Waals surface area contributed by atoms with E-state index in [4.69, 9.17) is 11.6 Å². The molecule has 0 radical (unpaired) electrons. The number of hydrogen-bond acceptors (Lipinski definition) is 2. The van der Waals surface area contributed by atoms with Crippen LogP contribution in [0.3, 0.4) is 0 Å². The Kier molecular flexibility index (Phi) is 4.67. The van der Waals surface area contributed by atoms with Gasteiger partial charge in [0.05, 0.1) is 0 Å². The van der Waals surface area contributed by atoms with Crippen molar-refractivity contribution in [1.29, 1.82) is 0 Å². The van der Waals surface area contributed by atoms with Crippen molar-refractivity contribution < 1.29 is 9.59 Å². The molecule has 22 heavy (non-hydrogen) atoms. The molecule has 0 atom stereocenters. The van der Waals surface area contributed by atoms with E-state index in [1.807, 2.05) is 4.90 Å². The van der Waals surface area contributed by atoms with Gasteiger partial charge in [-0.2, -0.15) is 0 Å². The molecule has 1 saturated heterocycles. The lowest BCUT2D eigenvalue weighted by Gasteiger charge is -2.34. The zero-order chi connectivity index (χ0) is 15.5. The normalized spacial score (nSPS) is 19.6. The van der Waals surface area contributed by atoms with Crippen molar-refractivity contribution in [2.75, 3.05) is 13.1 Å². The van der Waals surface area contributed by atoms with Crippen molar-refractivity contribution >= 4 is 23.4 Å². The van der Waals surface area contributed by atoms with Gasteiger partial charge in [0, 0.05) is 35.6 Å². The van der Waals surface area contributed by atoms with Gasteiger partial charge in [-0.05, 0) is 49.9 Å². The van der Waals surface area contributed by atoms with Gasteiger partial charge < -0.3 is 10.2 Å². The first-order chi connectivity index (χ1) is 10.6. The average molecular weight is 321 g/mol. The van der Waals surface area contributed by atoms with Gasteiger partial charge in [-0.25, -0.2) is 0 Å². The van der Waals surface area contributed by atoms with Gasteiger partial charge in [-0.3, -0.25) is 9.59 Å². The summed E-state index contributed by atoms with van der Waals surface area (Å²) in [6, 6.07) is 7.20. The molecule has 2 fully saturated rings. The van der Waals surface area contributed by atoms with Crippen molar-refractivity contribution in [3.05, 3.63) is 34.9 Å². The molecule has 0 bridgehead atoms. The van der Waals surface area contributed by atoms with Crippen LogP contribution in [0.5, 0.6) is 0 Å². The third kappa shape index (κ3) is 3.43. The fourth-order valence-electron chi connectivity index (χ4n) is 2.99. The van der Waals surface area contributed by atoms with Gasteiger partial charge in [-0.1, -0.05) is 18.0 Å². The van der Waals surface area contributed by atoms with Crippen LogP contribution in [0.15, 0.2) is 24.3 Å². The first-order valence-electron chi connectivity index (χ1n) is 7.99. The molecule has 2 aliphatic rings. The molecular formula is C17H21ClN2O2. The number of hydrogen-bond donors (Lipinski definition) is 1. The van der Waals surface area contributed by atoms with E-state index in [0.717, 1.165) is 25.7 Å². The van der Waals surface area contributed by atoms with Crippen LogP contribution in [0.25, 0.3) is 0 Å². The van der Waals surface area contributed by atoms with E-state index in [-0.39, 0.29) is 23.8 Å². The molecule has 1 aromatic rings. The summed E-state index contributed by atoms with van der Waals surface area (Å²) in [5, 5.41) is 3.77. The topological polar surface area (TPSA) is 49.4 Å². The highest BCUT2D eigenvalue weighted by molar-refractivity contribution is 6.30. The Morgan fingerprint density at radius 1 is 1.05 bits per heavy atom. The van der Waals surface area contributed by atoms with E-state index < -0.39 is 0 Å². The number of carbonyl (C=O) groups excluding carboxylic acids is 2. The lowest BCUT2D eigenvalue weighted by Crippen LogP contribution is -2.48. The maximum absolute atomic E-state index is 12.4. The number of halogens is 1. The highest BCUT2D eigenvalue weighted by Gasteiger charge is 2.29. The molecule has 1 heterocycles. The number of likely N-dealkylation sites (tertiary alicyclic amines) is 1. The van der Waals surface area contributed by atoms with E-state index in [2.05, 4.69) is 5.32 Å². The van der Waals surface area contributed by atoms with Crippen molar-refractivity contribution in [2.24, 2.45) is 5.92 Å². The van der Waals surface area contributed by atoms with Crippen molar-refractivity contribution in [3.8, 4) is 0 Å². The van der Waals surface area contributed by atoms with Gasteiger partial charge in [0.2, 0.25) is 5.91 Å². The SMILES string of the molecule is O=C(NC1CCN(C(=O)c2ccc(Cl)cc2)CC1)C1CCC1. The molecule has 1 aliphatic heterocycles. The Balaban J connectivity index is 1.49. The lowest BCUT2D eigenvalue weighted by atomic mass is 9.84. The minimum absolute atomic E-state index is 0.0421. The molecule has 1 aromatic carbocycles. The Labute approximate surface area is 135 Å². The predicted molar refractivity (Wildman–Crippen MR) is 85.9 cm³/mol. The van der Waals surface area contributed by atoms with Gasteiger partial charge in [-0.15, -0.1) is 0 Å². The third-order valence-electron chi connectivity index (χ3n) is 4.70. The second-order valence-corrected chi connectivity index (χ2v) is 6.65. The highest BCUT2D eigenvalue weighted by Crippen LogP contribution is 2.27. The summed E-state index contributed by atoms with van der Waals surface area (Å²) < 4.78 is 0. The van der Waals surface area contributed by atoms with Crippen LogP contribution in [0, 0.1) is 5.92 Å². The standard InChI is InChI=1S/C17H21ClN2O2/c18-14-6-4-13(5-7-14)17(22)20-10-8-15(9-11-20)19-16(21)12-2-1-3-12/h4-7,12,15H,1-3,8-11H2,(H,19,21). The molecule has 1 saturated carbocycles. The fraction of sp³-hybridized carbons (Fsp3) is 0.529. The first-order valence-corrected chi connectivity index (χ1v) is 8.36. The lowest BCUT2D eigenvalue weighted by molar-refractivity contribution is -0.128. The molecular weight excluding hydrogens is 300 g/mol. The van der Waals surface area contributed by atoms with E-state index in [1.54, 1.807) is 24.3 Å². The monoisotopic (exact) mass is 320 g/mol. The summed E-state index contributed by atoms with van der Waals surface area (Å²) in [5.74, 6) is 0.475. The van der Waals surface area contributed by atoms with Crippen molar-refractivity contribution in [3.63, 3.8) is 0 Å². The summed E-state index contributed by atoms with van der Waals surface area (Å²) in [7, 11) is 0. The van der Waals surface area contributed by atoms with E-state index >= 15 is 0 Å². The first kappa shape index (κ1) is 15.3. The smallest absolute Gasteiger partial charge is 0.253 e. The average Bonchev–Trinajstić information content (AvgIpc) is 2.46. The summed E-state index contributed by atoms with van der Waals surface area (Å²) in [6.07, 6.45) is 4.89. The maximum atomic E-state index is 12.4. The quantitative estimate of drug-likeness (QED) is 0.931. The third-order valence-corrected chi connectivity index (χ3v) is 4.95. The molecule has 0 spiro atoms. The molecule has 0 aromatic heterocycles. The minimum atomic E-state index is 0.0421. The van der Waals surface area contributed by atoms with Gasteiger partial charge in [0.15, 0.2) is 0 Å². The Bertz CT molecular complexity index is 546. The summed E-state index contributed by atoms with van der Waals surface area (Å²) in [5.41, 5.74) is 0.668. The maximum Gasteiger partial charge on any atom is 0.253 e. The predicted octanol–water partition coefficient (Wildman–Crippen LogP) is 2.86. The Morgan fingerprint density at radius 3 is 2.23 bits per heavy atom. The number of piperidine rings is 1. The van der Waals surface area contributed by atoms with Gasteiger partial charge >= 0.3 is 0 Å². The van der Waals surface area contributed by atoms with Crippen LogP contribution in [0.4, 0.5) is 0 Å². The Hall–Kier alpha value is -1.55. The fourth-order valence-corrected chi connectivity index (χ4v) is 3.12.